The maximum absolute atomic E-state index is 12.0. The van der Waals surface area contributed by atoms with E-state index in [1.165, 1.54) is 15.5 Å². The Balaban J connectivity index is 1.99. The van der Waals surface area contributed by atoms with E-state index in [9.17, 15) is 19.6 Å². The third-order valence-electron chi connectivity index (χ3n) is 3.75. The first-order valence-electron chi connectivity index (χ1n) is 6.86. The van der Waals surface area contributed by atoms with Gasteiger partial charge in [-0.15, -0.1) is 9.42 Å². The summed E-state index contributed by atoms with van der Waals surface area (Å²) < 4.78 is 23.5. The number of H-pyrrole nitrogens is 1. The van der Waals surface area contributed by atoms with E-state index in [1.54, 1.807) is 7.05 Å². The summed E-state index contributed by atoms with van der Waals surface area (Å²) in [6, 6.07) is 0. The summed E-state index contributed by atoms with van der Waals surface area (Å²) in [4.78, 5) is 27.1. The highest BCUT2D eigenvalue weighted by Crippen LogP contribution is 2.28. The number of ether oxygens (including phenoxy) is 1. The second-order valence-corrected chi connectivity index (χ2v) is 6.07. The molecular weight excluding hydrogens is 345 g/mol. The molecule has 2 aromatic heterocycles. The average Bonchev–Trinajstić information content (AvgIpc) is 2.96. The number of aliphatic hydroxyl groups is 2. The first-order chi connectivity index (χ1) is 11.3. The van der Waals surface area contributed by atoms with Gasteiger partial charge < -0.3 is 20.7 Å². The number of nitrogen functional groups attached to an aromatic ring is 1. The van der Waals surface area contributed by atoms with Gasteiger partial charge in [-0.1, -0.05) is 4.98 Å². The summed E-state index contributed by atoms with van der Waals surface area (Å²) in [5, 5.41) is 20.2. The van der Waals surface area contributed by atoms with E-state index in [0.717, 1.165) is 0 Å². The molecule has 3 rings (SSSR count). The third-order valence-corrected chi connectivity index (χ3v) is 4.12. The van der Waals surface area contributed by atoms with Crippen LogP contribution in [0.1, 0.15) is 6.23 Å². The minimum Gasteiger partial charge on any atom is -0.387 e. The molecule has 1 aliphatic heterocycles. The van der Waals surface area contributed by atoms with Gasteiger partial charge in [0, 0.05) is 4.57 Å². The predicted molar refractivity (Wildman–Crippen MR) is 77.6 cm³/mol. The number of imidazole rings is 1. The minimum absolute atomic E-state index is 0.113. The minimum atomic E-state index is -2.86. The first-order valence-corrected chi connectivity index (χ1v) is 7.99. The Morgan fingerprint density at radius 1 is 1.54 bits per heavy atom. The maximum atomic E-state index is 12.0. The highest BCUT2D eigenvalue weighted by Gasteiger charge is 2.48. The van der Waals surface area contributed by atoms with Crippen molar-refractivity contribution in [1.29, 1.82) is 0 Å². The molecule has 5 atom stereocenters. The lowest BCUT2D eigenvalue weighted by molar-refractivity contribution is -0.745. The Morgan fingerprint density at radius 3 is 2.92 bits per heavy atom. The molecular formula is C11H16N5O7P+2. The van der Waals surface area contributed by atoms with Gasteiger partial charge in [0.05, 0.1) is 7.05 Å². The molecule has 0 saturated carbocycles. The summed E-state index contributed by atoms with van der Waals surface area (Å²) >= 11 is 0. The van der Waals surface area contributed by atoms with Crippen LogP contribution in [-0.4, -0.2) is 54.6 Å². The molecule has 12 nitrogen and oxygen atoms in total. The van der Waals surface area contributed by atoms with E-state index in [2.05, 4.69) is 14.5 Å². The number of rotatable bonds is 4. The number of anilines is 1. The number of nitrogens with zero attached hydrogens (tertiary/aromatic N) is 3. The lowest BCUT2D eigenvalue weighted by atomic mass is 10.1. The van der Waals surface area contributed by atoms with Crippen molar-refractivity contribution in [3.05, 3.63) is 16.7 Å². The molecule has 0 bridgehead atoms. The number of fused-ring (bicyclic) bond motifs is 1. The largest absolute Gasteiger partial charge is 0.694 e. The molecule has 3 heterocycles. The summed E-state index contributed by atoms with van der Waals surface area (Å²) in [7, 11) is -1.26. The van der Waals surface area contributed by atoms with Crippen LogP contribution < -0.4 is 15.9 Å². The van der Waals surface area contributed by atoms with Gasteiger partial charge in [-0.3, -0.25) is 14.3 Å². The lowest BCUT2D eigenvalue weighted by Gasteiger charge is -2.11. The fraction of sp³-hybridized carbons (Fsp3) is 0.545. The number of hydrogen-bond donors (Lipinski definition) is 5. The van der Waals surface area contributed by atoms with E-state index in [-0.39, 0.29) is 23.7 Å². The summed E-state index contributed by atoms with van der Waals surface area (Å²) in [5.74, 6) is -0.113. The number of aliphatic hydroxyl groups excluding tert-OH is 2. The van der Waals surface area contributed by atoms with Crippen molar-refractivity contribution in [3.8, 4) is 0 Å². The average molecular weight is 361 g/mol. The summed E-state index contributed by atoms with van der Waals surface area (Å²) in [6.07, 6.45) is -3.37. The van der Waals surface area contributed by atoms with Gasteiger partial charge in [0.2, 0.25) is 11.7 Å². The second kappa shape index (κ2) is 6.16. The zero-order valence-electron chi connectivity index (χ0n) is 12.4. The van der Waals surface area contributed by atoms with Crippen molar-refractivity contribution in [2.45, 2.75) is 24.5 Å². The van der Waals surface area contributed by atoms with Crippen LogP contribution in [0.2, 0.25) is 0 Å². The van der Waals surface area contributed by atoms with Crippen molar-refractivity contribution < 1.29 is 33.5 Å². The van der Waals surface area contributed by atoms with Crippen molar-refractivity contribution in [1.82, 2.24) is 14.5 Å². The lowest BCUT2D eigenvalue weighted by Crippen LogP contribution is -2.46. The van der Waals surface area contributed by atoms with Crippen molar-refractivity contribution >= 4 is 25.4 Å². The number of nitrogens with two attached hydrogens (primary N) is 1. The number of nitrogens with one attached hydrogen (secondary N) is 1. The highest BCUT2D eigenvalue weighted by atomic mass is 31.1. The Morgan fingerprint density at radius 2 is 2.25 bits per heavy atom. The van der Waals surface area contributed by atoms with Crippen molar-refractivity contribution in [2.75, 3.05) is 12.3 Å². The van der Waals surface area contributed by atoms with Gasteiger partial charge in [-0.05, 0) is 0 Å². The van der Waals surface area contributed by atoms with E-state index in [1.807, 2.05) is 0 Å². The smallest absolute Gasteiger partial charge is 0.387 e. The van der Waals surface area contributed by atoms with Crippen molar-refractivity contribution in [2.24, 2.45) is 7.05 Å². The Hall–Kier alpha value is -1.95. The second-order valence-electron chi connectivity index (χ2n) is 5.34. The number of aromatic amines is 1. The van der Waals surface area contributed by atoms with Gasteiger partial charge in [0.1, 0.15) is 24.9 Å². The first kappa shape index (κ1) is 16.9. The number of aromatic nitrogens is 4. The van der Waals surface area contributed by atoms with E-state index in [4.69, 9.17) is 15.4 Å². The van der Waals surface area contributed by atoms with Gasteiger partial charge in [0.25, 0.3) is 11.5 Å². The number of aryl methyl sites for hydroxylation is 1. The van der Waals surface area contributed by atoms with E-state index in [0.29, 0.717) is 0 Å². The predicted octanol–water partition coefficient (Wildman–Crippen LogP) is -2.58. The van der Waals surface area contributed by atoms with Crippen LogP contribution >= 0.6 is 8.25 Å². The zero-order chi connectivity index (χ0) is 17.6. The molecule has 1 fully saturated rings. The molecule has 2 unspecified atom stereocenters. The topological polar surface area (TPSA) is 177 Å². The molecule has 0 radical (unpaired) electrons. The SMILES string of the molecule is Cn1c[n+](C2O[C@H](CO[P+](=O)O)[C@@H](O)[C@H]2O)c2nc(N)[nH]c(=O)c21. The monoisotopic (exact) mass is 361 g/mol. The molecule has 130 valence electrons. The van der Waals surface area contributed by atoms with Gasteiger partial charge in [-0.25, -0.2) is 4.57 Å². The van der Waals surface area contributed by atoms with Crippen LogP contribution in [0.5, 0.6) is 0 Å². The normalized spacial score (nSPS) is 27.8. The molecule has 0 aliphatic carbocycles. The van der Waals surface area contributed by atoms with Crippen LogP contribution in [0, 0.1) is 0 Å². The molecule has 1 saturated heterocycles. The fourth-order valence-electron chi connectivity index (χ4n) is 2.69. The quantitative estimate of drug-likeness (QED) is 0.289. The van der Waals surface area contributed by atoms with Crippen molar-refractivity contribution in [3.63, 3.8) is 0 Å². The molecule has 0 spiro atoms. The molecule has 2 aromatic rings. The molecule has 6 N–H and O–H groups in total. The van der Waals surface area contributed by atoms with E-state index >= 15 is 0 Å². The molecule has 0 amide bonds. The summed E-state index contributed by atoms with van der Waals surface area (Å²) in [6.45, 7) is -0.387. The van der Waals surface area contributed by atoms with Crippen LogP contribution in [0.15, 0.2) is 11.1 Å². The Labute approximate surface area is 135 Å². The van der Waals surface area contributed by atoms with Crippen LogP contribution in [0.4, 0.5) is 5.95 Å². The van der Waals surface area contributed by atoms with Crippen LogP contribution in [0.25, 0.3) is 11.2 Å². The van der Waals surface area contributed by atoms with Gasteiger partial charge >= 0.3 is 13.9 Å². The zero-order valence-corrected chi connectivity index (χ0v) is 13.3. The standard InChI is InChI=1S/C11H14N5O7P/c1-15-3-16(8-5(15)9(19)14-11(12)13-8)10-7(18)6(17)4(23-10)2-22-24(20)21/h3-4,6-7,10,17-18H,2H2,1H3,(H2-2,12,13,14,19,20,21)/p+2/t4-,6-,7-,10?/m1/s1. The van der Waals surface area contributed by atoms with Gasteiger partial charge in [0.15, 0.2) is 6.33 Å². The number of hydrogen-bond acceptors (Lipinski definition) is 8. The van der Waals surface area contributed by atoms with E-state index < -0.39 is 38.4 Å². The molecule has 0 aromatic carbocycles. The fourth-order valence-corrected chi connectivity index (χ4v) is 2.96. The third kappa shape index (κ3) is 2.79. The maximum Gasteiger partial charge on any atom is 0.694 e. The summed E-state index contributed by atoms with van der Waals surface area (Å²) in [5.41, 5.74) is 5.44. The highest BCUT2D eigenvalue weighted by molar-refractivity contribution is 7.32. The molecule has 13 heteroatoms. The molecule has 1 aliphatic rings. The van der Waals surface area contributed by atoms with Gasteiger partial charge in [-0.2, -0.15) is 0 Å². The Bertz CT molecular complexity index is 851. The molecule has 24 heavy (non-hydrogen) atoms. The van der Waals surface area contributed by atoms with Crippen LogP contribution in [0.3, 0.4) is 0 Å². The van der Waals surface area contributed by atoms with Crippen LogP contribution in [-0.2, 0) is 20.9 Å². The Kier molecular flexibility index (Phi) is 4.34.